The molecule has 0 aliphatic carbocycles. The summed E-state index contributed by atoms with van der Waals surface area (Å²) in [5, 5.41) is 5.91. The van der Waals surface area contributed by atoms with Crippen LogP contribution >= 0.6 is 34.4 Å². The van der Waals surface area contributed by atoms with E-state index in [1.54, 1.807) is 11.8 Å². The Morgan fingerprint density at radius 2 is 1.67 bits per heavy atom. The zero-order valence-electron chi connectivity index (χ0n) is 17.1. The van der Waals surface area contributed by atoms with Gasteiger partial charge in [-0.15, -0.1) is 0 Å². The second-order valence-corrected chi connectivity index (χ2v) is 9.46. The minimum Gasteiger partial charge on any atom is -0.256 e. The van der Waals surface area contributed by atoms with E-state index < -0.39 is 0 Å². The third-order valence-electron chi connectivity index (χ3n) is 4.79. The van der Waals surface area contributed by atoms with Gasteiger partial charge in [-0.25, -0.2) is 4.68 Å². The molecule has 30 heavy (non-hydrogen) atoms. The summed E-state index contributed by atoms with van der Waals surface area (Å²) in [7, 11) is 0. The largest absolute Gasteiger partial charge is 0.256 e. The molecule has 0 saturated heterocycles. The Kier molecular flexibility index (Phi) is 6.39. The Morgan fingerprint density at radius 3 is 2.37 bits per heavy atom. The third-order valence-corrected chi connectivity index (χ3v) is 6.56. The summed E-state index contributed by atoms with van der Waals surface area (Å²) < 4.78 is 3.23. The van der Waals surface area contributed by atoms with Crippen LogP contribution in [0.2, 0.25) is 0 Å². The third kappa shape index (κ3) is 4.68. The van der Waals surface area contributed by atoms with E-state index in [4.69, 9.17) is 10.1 Å². The first-order chi connectivity index (χ1) is 14.5. The SMILES string of the molecule is Cc1ccc(Sc2c(C=Nc3ccc(I)cc3C)c(C)nn2-c2ccccc2)cc1. The molecule has 0 atom stereocenters. The average Bonchev–Trinajstić information content (AvgIpc) is 3.05. The lowest BCUT2D eigenvalue weighted by atomic mass is 10.2. The molecule has 0 aliphatic heterocycles. The first kappa shape index (κ1) is 20.9. The highest BCUT2D eigenvalue weighted by atomic mass is 127. The van der Waals surface area contributed by atoms with Gasteiger partial charge in [0.1, 0.15) is 5.03 Å². The number of aryl methyl sites for hydroxylation is 3. The van der Waals surface area contributed by atoms with Crippen molar-refractivity contribution in [2.75, 3.05) is 0 Å². The van der Waals surface area contributed by atoms with Gasteiger partial charge in [0.15, 0.2) is 0 Å². The van der Waals surface area contributed by atoms with Gasteiger partial charge in [0.2, 0.25) is 0 Å². The number of rotatable bonds is 5. The van der Waals surface area contributed by atoms with Crippen LogP contribution in [-0.2, 0) is 0 Å². The van der Waals surface area contributed by atoms with Crippen molar-refractivity contribution < 1.29 is 0 Å². The fraction of sp³-hybridized carbons (Fsp3) is 0.120. The lowest BCUT2D eigenvalue weighted by Crippen LogP contribution is -1.98. The highest BCUT2D eigenvalue weighted by Crippen LogP contribution is 2.34. The topological polar surface area (TPSA) is 30.2 Å². The van der Waals surface area contributed by atoms with Gasteiger partial charge >= 0.3 is 0 Å². The number of hydrogen-bond acceptors (Lipinski definition) is 3. The van der Waals surface area contributed by atoms with Gasteiger partial charge in [0.05, 0.1) is 17.1 Å². The average molecular weight is 523 g/mol. The zero-order valence-corrected chi connectivity index (χ0v) is 20.1. The maximum atomic E-state index is 4.85. The Labute approximate surface area is 195 Å². The van der Waals surface area contributed by atoms with Crippen molar-refractivity contribution in [3.63, 3.8) is 0 Å². The highest BCUT2D eigenvalue weighted by molar-refractivity contribution is 14.1. The molecule has 0 fully saturated rings. The van der Waals surface area contributed by atoms with Crippen LogP contribution in [-0.4, -0.2) is 16.0 Å². The monoisotopic (exact) mass is 523 g/mol. The van der Waals surface area contributed by atoms with Gasteiger partial charge in [-0.05, 0) is 91.4 Å². The molecule has 3 nitrogen and oxygen atoms in total. The van der Waals surface area contributed by atoms with Gasteiger partial charge in [-0.3, -0.25) is 4.99 Å². The predicted molar refractivity (Wildman–Crippen MR) is 135 cm³/mol. The molecular formula is C25H22IN3S. The second-order valence-electron chi connectivity index (χ2n) is 7.16. The number of aromatic nitrogens is 2. The van der Waals surface area contributed by atoms with Crippen molar-refractivity contribution in [2.24, 2.45) is 4.99 Å². The molecule has 0 radical (unpaired) electrons. The van der Waals surface area contributed by atoms with Crippen LogP contribution in [0.1, 0.15) is 22.4 Å². The summed E-state index contributed by atoms with van der Waals surface area (Å²) >= 11 is 4.04. The predicted octanol–water partition coefficient (Wildman–Crippen LogP) is 7.30. The fourth-order valence-electron chi connectivity index (χ4n) is 3.12. The standard InChI is InChI=1S/C25H22IN3S/c1-17-9-12-22(13-10-17)30-25-23(16-27-24-14-11-20(26)15-18(24)2)19(3)28-29(25)21-7-5-4-6-8-21/h4-16H,1-3H3. The first-order valence-electron chi connectivity index (χ1n) is 9.71. The summed E-state index contributed by atoms with van der Waals surface area (Å²) in [6, 6.07) is 25.1. The molecule has 1 aromatic heterocycles. The van der Waals surface area contributed by atoms with E-state index in [1.807, 2.05) is 36.0 Å². The van der Waals surface area contributed by atoms with Crippen LogP contribution in [0.5, 0.6) is 0 Å². The first-order valence-corrected chi connectivity index (χ1v) is 11.6. The Balaban J connectivity index is 1.79. The lowest BCUT2D eigenvalue weighted by molar-refractivity contribution is 0.793. The minimum atomic E-state index is 0.959. The lowest BCUT2D eigenvalue weighted by Gasteiger charge is -2.08. The van der Waals surface area contributed by atoms with E-state index in [0.29, 0.717) is 0 Å². The maximum Gasteiger partial charge on any atom is 0.114 e. The fourth-order valence-corrected chi connectivity index (χ4v) is 4.81. The molecular weight excluding hydrogens is 501 g/mol. The molecule has 0 unspecified atom stereocenters. The number of benzene rings is 3. The van der Waals surface area contributed by atoms with Crippen molar-refractivity contribution in [3.8, 4) is 5.69 Å². The molecule has 1 heterocycles. The Hall–Kier alpha value is -2.38. The molecule has 4 aromatic rings. The smallest absolute Gasteiger partial charge is 0.114 e. The van der Waals surface area contributed by atoms with E-state index in [9.17, 15) is 0 Å². The van der Waals surface area contributed by atoms with E-state index >= 15 is 0 Å². The van der Waals surface area contributed by atoms with Crippen LogP contribution in [0.15, 0.2) is 87.7 Å². The summed E-state index contributed by atoms with van der Waals surface area (Å²) in [5.41, 5.74) is 6.44. The number of halogens is 1. The quantitative estimate of drug-likeness (QED) is 0.203. The number of nitrogens with zero attached hydrogens (tertiary/aromatic N) is 3. The van der Waals surface area contributed by atoms with Crippen molar-refractivity contribution in [1.29, 1.82) is 0 Å². The summed E-state index contributed by atoms with van der Waals surface area (Å²) in [6.45, 7) is 6.24. The molecule has 0 saturated carbocycles. The number of hydrogen-bond donors (Lipinski definition) is 0. The summed E-state index contributed by atoms with van der Waals surface area (Å²) in [5.74, 6) is 0. The molecule has 3 aromatic carbocycles. The minimum absolute atomic E-state index is 0.959. The van der Waals surface area contributed by atoms with Crippen LogP contribution in [0.25, 0.3) is 5.69 Å². The summed E-state index contributed by atoms with van der Waals surface area (Å²) in [4.78, 5) is 5.98. The van der Waals surface area contributed by atoms with Gasteiger partial charge in [0, 0.05) is 20.2 Å². The van der Waals surface area contributed by atoms with Crippen molar-refractivity contribution in [3.05, 3.63) is 98.8 Å². The molecule has 150 valence electrons. The number of aliphatic imine (C=N–C) groups is 1. The van der Waals surface area contributed by atoms with Crippen molar-refractivity contribution >= 4 is 46.3 Å². The highest BCUT2D eigenvalue weighted by Gasteiger charge is 2.17. The molecule has 0 amide bonds. The van der Waals surface area contributed by atoms with Crippen LogP contribution in [0.3, 0.4) is 0 Å². The maximum absolute atomic E-state index is 4.85. The van der Waals surface area contributed by atoms with Gasteiger partial charge in [-0.2, -0.15) is 5.10 Å². The Morgan fingerprint density at radius 1 is 0.933 bits per heavy atom. The van der Waals surface area contributed by atoms with E-state index in [1.165, 1.54) is 19.6 Å². The van der Waals surface area contributed by atoms with Crippen molar-refractivity contribution in [1.82, 2.24) is 9.78 Å². The van der Waals surface area contributed by atoms with E-state index in [0.717, 1.165) is 27.7 Å². The second kappa shape index (κ2) is 9.18. The molecule has 0 N–H and O–H groups in total. The van der Waals surface area contributed by atoms with Gasteiger partial charge in [0.25, 0.3) is 0 Å². The van der Waals surface area contributed by atoms with Gasteiger partial charge < -0.3 is 0 Å². The van der Waals surface area contributed by atoms with Crippen molar-refractivity contribution in [2.45, 2.75) is 30.7 Å². The van der Waals surface area contributed by atoms with Crippen LogP contribution in [0, 0.1) is 24.3 Å². The van der Waals surface area contributed by atoms with E-state index in [-0.39, 0.29) is 0 Å². The van der Waals surface area contributed by atoms with E-state index in [2.05, 4.69) is 91.0 Å². The number of para-hydroxylation sites is 1. The molecule has 0 aliphatic rings. The molecule has 0 spiro atoms. The molecule has 5 heteroatoms. The molecule has 4 rings (SSSR count). The molecule has 0 bridgehead atoms. The Bertz CT molecular complexity index is 1200. The zero-order chi connectivity index (χ0) is 21.1. The normalized spacial score (nSPS) is 11.3. The van der Waals surface area contributed by atoms with Crippen LogP contribution in [0.4, 0.5) is 5.69 Å². The van der Waals surface area contributed by atoms with Crippen LogP contribution < -0.4 is 0 Å². The van der Waals surface area contributed by atoms with Gasteiger partial charge in [-0.1, -0.05) is 47.7 Å². The summed E-state index contributed by atoms with van der Waals surface area (Å²) in [6.07, 6.45) is 1.95.